The first kappa shape index (κ1) is 12.7. The standard InChI is InChI=1S/C12H17BrO2/c1-12(2,15)7-6-11(14)9-4-3-5-10(13)8-9/h3-5,8,11,14-15H,6-7H2,1-2H3. The molecular formula is C12H17BrO2. The summed E-state index contributed by atoms with van der Waals surface area (Å²) in [5, 5.41) is 19.4. The van der Waals surface area contributed by atoms with Crippen LogP contribution in [0.1, 0.15) is 38.4 Å². The molecule has 1 aromatic rings. The molecule has 0 amide bonds. The number of hydrogen-bond donors (Lipinski definition) is 2. The zero-order valence-corrected chi connectivity index (χ0v) is 10.7. The Morgan fingerprint density at radius 2 is 2.07 bits per heavy atom. The Morgan fingerprint density at radius 1 is 1.40 bits per heavy atom. The molecule has 0 saturated carbocycles. The van der Waals surface area contributed by atoms with Crippen LogP contribution in [-0.4, -0.2) is 15.8 Å². The lowest BCUT2D eigenvalue weighted by atomic mass is 9.97. The number of benzene rings is 1. The molecular weight excluding hydrogens is 256 g/mol. The molecule has 0 heterocycles. The van der Waals surface area contributed by atoms with Crippen LogP contribution < -0.4 is 0 Å². The van der Waals surface area contributed by atoms with Crippen molar-refractivity contribution in [2.75, 3.05) is 0 Å². The summed E-state index contributed by atoms with van der Waals surface area (Å²) >= 11 is 3.36. The molecule has 2 N–H and O–H groups in total. The molecule has 0 fully saturated rings. The smallest absolute Gasteiger partial charge is 0.0791 e. The van der Waals surface area contributed by atoms with E-state index in [1.165, 1.54) is 0 Å². The van der Waals surface area contributed by atoms with Crippen molar-refractivity contribution in [1.82, 2.24) is 0 Å². The summed E-state index contributed by atoms with van der Waals surface area (Å²) < 4.78 is 0.960. The predicted molar refractivity (Wildman–Crippen MR) is 64.6 cm³/mol. The Labute approximate surface area is 99.1 Å². The van der Waals surface area contributed by atoms with Crippen LogP contribution in [-0.2, 0) is 0 Å². The van der Waals surface area contributed by atoms with Gasteiger partial charge in [-0.1, -0.05) is 28.1 Å². The summed E-state index contributed by atoms with van der Waals surface area (Å²) in [7, 11) is 0. The first-order chi connectivity index (χ1) is 6.88. The maximum atomic E-state index is 9.88. The average molecular weight is 273 g/mol. The molecule has 1 aromatic carbocycles. The van der Waals surface area contributed by atoms with Gasteiger partial charge >= 0.3 is 0 Å². The molecule has 3 heteroatoms. The van der Waals surface area contributed by atoms with Gasteiger partial charge in [-0.25, -0.2) is 0 Å². The third-order valence-corrected chi connectivity index (χ3v) is 2.76. The van der Waals surface area contributed by atoms with Gasteiger partial charge in [0.1, 0.15) is 0 Å². The van der Waals surface area contributed by atoms with Crippen molar-refractivity contribution >= 4 is 15.9 Å². The van der Waals surface area contributed by atoms with E-state index in [0.29, 0.717) is 12.8 Å². The zero-order chi connectivity index (χ0) is 11.5. The highest BCUT2D eigenvalue weighted by molar-refractivity contribution is 9.10. The highest BCUT2D eigenvalue weighted by Crippen LogP contribution is 2.24. The van der Waals surface area contributed by atoms with Crippen molar-refractivity contribution in [3.8, 4) is 0 Å². The van der Waals surface area contributed by atoms with E-state index in [1.807, 2.05) is 24.3 Å². The molecule has 2 nitrogen and oxygen atoms in total. The summed E-state index contributed by atoms with van der Waals surface area (Å²) in [5.74, 6) is 0. The average Bonchev–Trinajstić information content (AvgIpc) is 2.13. The number of aliphatic hydroxyl groups excluding tert-OH is 1. The van der Waals surface area contributed by atoms with E-state index in [9.17, 15) is 10.2 Å². The molecule has 15 heavy (non-hydrogen) atoms. The fraction of sp³-hybridized carbons (Fsp3) is 0.500. The minimum atomic E-state index is -0.715. The van der Waals surface area contributed by atoms with Crippen LogP contribution in [0.3, 0.4) is 0 Å². The monoisotopic (exact) mass is 272 g/mol. The zero-order valence-electron chi connectivity index (χ0n) is 9.07. The van der Waals surface area contributed by atoms with E-state index in [1.54, 1.807) is 13.8 Å². The van der Waals surface area contributed by atoms with Crippen LogP contribution in [0.15, 0.2) is 28.7 Å². The predicted octanol–water partition coefficient (Wildman–Crippen LogP) is 3.03. The van der Waals surface area contributed by atoms with Crippen molar-refractivity contribution in [1.29, 1.82) is 0 Å². The van der Waals surface area contributed by atoms with Gasteiger partial charge in [0.25, 0.3) is 0 Å². The van der Waals surface area contributed by atoms with Crippen molar-refractivity contribution in [2.45, 2.75) is 38.4 Å². The SMILES string of the molecule is CC(C)(O)CCC(O)c1cccc(Br)c1. The van der Waals surface area contributed by atoms with Crippen molar-refractivity contribution in [3.63, 3.8) is 0 Å². The quantitative estimate of drug-likeness (QED) is 0.885. The normalized spacial score (nSPS) is 13.9. The Hall–Kier alpha value is -0.380. The molecule has 0 aliphatic heterocycles. The van der Waals surface area contributed by atoms with Gasteiger partial charge in [-0.2, -0.15) is 0 Å². The summed E-state index contributed by atoms with van der Waals surface area (Å²) in [5.41, 5.74) is 0.168. The molecule has 0 bridgehead atoms. The summed E-state index contributed by atoms with van der Waals surface area (Å²) in [6.07, 6.45) is 0.648. The van der Waals surface area contributed by atoms with E-state index >= 15 is 0 Å². The Balaban J connectivity index is 2.58. The fourth-order valence-electron chi connectivity index (χ4n) is 1.37. The van der Waals surface area contributed by atoms with Gasteiger partial charge in [0.2, 0.25) is 0 Å². The lowest BCUT2D eigenvalue weighted by Crippen LogP contribution is -2.19. The fourth-order valence-corrected chi connectivity index (χ4v) is 1.79. The molecule has 0 saturated heterocycles. The number of halogens is 1. The van der Waals surface area contributed by atoms with Crippen LogP contribution >= 0.6 is 15.9 Å². The number of rotatable bonds is 4. The van der Waals surface area contributed by atoms with E-state index in [2.05, 4.69) is 15.9 Å². The highest BCUT2D eigenvalue weighted by atomic mass is 79.9. The van der Waals surface area contributed by atoms with Crippen molar-refractivity contribution in [2.24, 2.45) is 0 Å². The molecule has 0 spiro atoms. The summed E-state index contributed by atoms with van der Waals surface area (Å²) in [6, 6.07) is 7.60. The molecule has 0 aromatic heterocycles. The summed E-state index contributed by atoms with van der Waals surface area (Å²) in [4.78, 5) is 0. The third kappa shape index (κ3) is 4.78. The molecule has 1 rings (SSSR count). The van der Waals surface area contributed by atoms with E-state index in [0.717, 1.165) is 10.0 Å². The summed E-state index contributed by atoms with van der Waals surface area (Å²) in [6.45, 7) is 3.50. The lowest BCUT2D eigenvalue weighted by Gasteiger charge is -2.19. The van der Waals surface area contributed by atoms with Crippen molar-refractivity contribution < 1.29 is 10.2 Å². The van der Waals surface area contributed by atoms with Gasteiger partial charge in [0, 0.05) is 4.47 Å². The number of aliphatic hydroxyl groups is 2. The van der Waals surface area contributed by atoms with Gasteiger partial charge in [0.05, 0.1) is 11.7 Å². The molecule has 0 aliphatic rings. The minimum Gasteiger partial charge on any atom is -0.390 e. The van der Waals surface area contributed by atoms with Gasteiger partial charge in [-0.3, -0.25) is 0 Å². The van der Waals surface area contributed by atoms with Crippen LogP contribution in [0.5, 0.6) is 0 Å². The molecule has 0 aliphatic carbocycles. The van der Waals surface area contributed by atoms with E-state index in [-0.39, 0.29) is 0 Å². The van der Waals surface area contributed by atoms with Crippen molar-refractivity contribution in [3.05, 3.63) is 34.3 Å². The second-order valence-electron chi connectivity index (χ2n) is 4.42. The van der Waals surface area contributed by atoms with Crippen LogP contribution in [0, 0.1) is 0 Å². The molecule has 0 radical (unpaired) electrons. The second-order valence-corrected chi connectivity index (χ2v) is 5.34. The Bertz CT molecular complexity index is 318. The van der Waals surface area contributed by atoms with Gasteiger partial charge < -0.3 is 10.2 Å². The molecule has 84 valence electrons. The first-order valence-corrected chi connectivity index (χ1v) is 5.84. The van der Waals surface area contributed by atoms with Gasteiger partial charge in [0.15, 0.2) is 0 Å². The molecule has 1 atom stereocenters. The van der Waals surface area contributed by atoms with E-state index in [4.69, 9.17) is 0 Å². The van der Waals surface area contributed by atoms with Gasteiger partial charge in [-0.05, 0) is 44.4 Å². The maximum absolute atomic E-state index is 9.88. The maximum Gasteiger partial charge on any atom is 0.0791 e. The highest BCUT2D eigenvalue weighted by Gasteiger charge is 2.16. The Kier molecular flexibility index (Phi) is 4.32. The first-order valence-electron chi connectivity index (χ1n) is 5.04. The lowest BCUT2D eigenvalue weighted by molar-refractivity contribution is 0.0485. The van der Waals surface area contributed by atoms with Gasteiger partial charge in [-0.15, -0.1) is 0 Å². The topological polar surface area (TPSA) is 40.5 Å². The van der Waals surface area contributed by atoms with Crippen LogP contribution in [0.4, 0.5) is 0 Å². The van der Waals surface area contributed by atoms with E-state index < -0.39 is 11.7 Å². The molecule has 1 unspecified atom stereocenters. The van der Waals surface area contributed by atoms with Crippen LogP contribution in [0.2, 0.25) is 0 Å². The third-order valence-electron chi connectivity index (χ3n) is 2.26. The minimum absolute atomic E-state index is 0.506. The second kappa shape index (κ2) is 5.10. The van der Waals surface area contributed by atoms with Crippen LogP contribution in [0.25, 0.3) is 0 Å². The Morgan fingerprint density at radius 3 is 2.60 bits per heavy atom. The largest absolute Gasteiger partial charge is 0.390 e. The number of hydrogen-bond acceptors (Lipinski definition) is 2.